The van der Waals surface area contributed by atoms with Crippen LogP contribution in [0, 0.1) is 0 Å². The van der Waals surface area contributed by atoms with Crippen molar-refractivity contribution in [2.45, 2.75) is 23.5 Å². The van der Waals surface area contributed by atoms with E-state index in [0.29, 0.717) is 11.5 Å². The highest BCUT2D eigenvalue weighted by molar-refractivity contribution is 7.98. The Balaban J connectivity index is 1.59. The molecule has 27 heavy (non-hydrogen) atoms. The average Bonchev–Trinajstić information content (AvgIpc) is 3.14. The van der Waals surface area contributed by atoms with Gasteiger partial charge in [0, 0.05) is 12.7 Å². The standard InChI is InChI=1S/C19H15F3N2O2S/c20-19(21,22)15-6-2-1-5-13(15)11-24-18(25)16-9-8-14(26-16)12-27-17-7-3-4-10-23-17/h1-10H,11-12H2,(H,24,25). The summed E-state index contributed by atoms with van der Waals surface area (Å²) in [5, 5.41) is 3.29. The largest absolute Gasteiger partial charge is 0.455 e. The van der Waals surface area contributed by atoms with Gasteiger partial charge in [0.1, 0.15) is 5.76 Å². The van der Waals surface area contributed by atoms with Crippen LogP contribution >= 0.6 is 11.8 Å². The number of thioether (sulfide) groups is 1. The molecule has 4 nitrogen and oxygen atoms in total. The van der Waals surface area contributed by atoms with Gasteiger partial charge in [0.15, 0.2) is 5.76 Å². The van der Waals surface area contributed by atoms with Crippen LogP contribution in [0.5, 0.6) is 0 Å². The number of benzene rings is 1. The summed E-state index contributed by atoms with van der Waals surface area (Å²) in [5.41, 5.74) is -0.770. The minimum atomic E-state index is -4.47. The Hall–Kier alpha value is -2.74. The van der Waals surface area contributed by atoms with Crippen LogP contribution in [0.2, 0.25) is 0 Å². The highest BCUT2D eigenvalue weighted by atomic mass is 32.2. The maximum Gasteiger partial charge on any atom is 0.416 e. The van der Waals surface area contributed by atoms with Gasteiger partial charge >= 0.3 is 6.18 Å². The molecule has 0 saturated carbocycles. The van der Waals surface area contributed by atoms with E-state index >= 15 is 0 Å². The van der Waals surface area contributed by atoms with Gasteiger partial charge in [0.2, 0.25) is 0 Å². The van der Waals surface area contributed by atoms with E-state index in [9.17, 15) is 18.0 Å². The Morgan fingerprint density at radius 3 is 2.59 bits per heavy atom. The third-order valence-corrected chi connectivity index (χ3v) is 4.61. The monoisotopic (exact) mass is 392 g/mol. The van der Waals surface area contributed by atoms with Crippen molar-refractivity contribution in [3.63, 3.8) is 0 Å². The molecule has 0 aliphatic rings. The van der Waals surface area contributed by atoms with Crippen molar-refractivity contribution in [1.82, 2.24) is 10.3 Å². The van der Waals surface area contributed by atoms with Gasteiger partial charge < -0.3 is 9.73 Å². The second kappa shape index (κ2) is 8.30. The number of hydrogen-bond donors (Lipinski definition) is 1. The fourth-order valence-electron chi connectivity index (χ4n) is 2.37. The molecule has 3 aromatic rings. The summed E-state index contributed by atoms with van der Waals surface area (Å²) >= 11 is 1.45. The summed E-state index contributed by atoms with van der Waals surface area (Å²) in [4.78, 5) is 16.3. The van der Waals surface area contributed by atoms with Crippen molar-refractivity contribution >= 4 is 17.7 Å². The molecule has 1 N–H and O–H groups in total. The maximum atomic E-state index is 13.0. The zero-order valence-electron chi connectivity index (χ0n) is 14.0. The molecule has 0 radical (unpaired) electrons. The number of pyridine rings is 1. The summed E-state index contributed by atoms with van der Waals surface area (Å²) < 4.78 is 44.4. The first-order valence-corrected chi connectivity index (χ1v) is 8.98. The third kappa shape index (κ3) is 5.13. The molecule has 0 spiro atoms. The first kappa shape index (κ1) is 19.0. The van der Waals surface area contributed by atoms with Crippen LogP contribution in [-0.2, 0) is 18.5 Å². The van der Waals surface area contributed by atoms with Crippen LogP contribution in [0.3, 0.4) is 0 Å². The summed E-state index contributed by atoms with van der Waals surface area (Å²) in [6.07, 6.45) is -2.79. The van der Waals surface area contributed by atoms with E-state index in [0.717, 1.165) is 11.1 Å². The van der Waals surface area contributed by atoms with E-state index in [-0.39, 0.29) is 17.9 Å². The molecule has 0 fully saturated rings. The molecule has 0 atom stereocenters. The number of hydrogen-bond acceptors (Lipinski definition) is 4. The normalized spacial score (nSPS) is 11.4. The van der Waals surface area contributed by atoms with Crippen LogP contribution in [0.1, 0.15) is 27.4 Å². The van der Waals surface area contributed by atoms with Gasteiger partial charge in [-0.25, -0.2) is 4.98 Å². The van der Waals surface area contributed by atoms with Gasteiger partial charge in [-0.15, -0.1) is 0 Å². The van der Waals surface area contributed by atoms with Crippen LogP contribution in [0.25, 0.3) is 0 Å². The van der Waals surface area contributed by atoms with Crippen molar-refractivity contribution < 1.29 is 22.4 Å². The number of amides is 1. The maximum absolute atomic E-state index is 13.0. The van der Waals surface area contributed by atoms with Gasteiger partial charge in [0.25, 0.3) is 5.91 Å². The Morgan fingerprint density at radius 2 is 1.85 bits per heavy atom. The summed E-state index contributed by atoms with van der Waals surface area (Å²) in [7, 11) is 0. The zero-order chi connectivity index (χ0) is 19.3. The van der Waals surface area contributed by atoms with Gasteiger partial charge in [-0.1, -0.05) is 36.0 Å². The second-order valence-electron chi connectivity index (χ2n) is 5.56. The van der Waals surface area contributed by atoms with Gasteiger partial charge in [-0.2, -0.15) is 13.2 Å². The number of aromatic nitrogens is 1. The summed E-state index contributed by atoms with van der Waals surface area (Å²) in [5.74, 6) is 0.546. The number of alkyl halides is 3. The number of nitrogens with one attached hydrogen (secondary N) is 1. The first-order chi connectivity index (χ1) is 12.9. The fraction of sp³-hybridized carbons (Fsp3) is 0.158. The van der Waals surface area contributed by atoms with Gasteiger partial charge in [0.05, 0.1) is 16.3 Å². The highest BCUT2D eigenvalue weighted by Crippen LogP contribution is 2.31. The molecular formula is C19H15F3N2O2S. The minimum absolute atomic E-state index is 0.00385. The predicted molar refractivity (Wildman–Crippen MR) is 95.1 cm³/mol. The number of furan rings is 1. The second-order valence-corrected chi connectivity index (χ2v) is 6.56. The van der Waals surface area contributed by atoms with E-state index in [4.69, 9.17) is 4.42 Å². The quantitative estimate of drug-likeness (QED) is 0.606. The number of nitrogens with zero attached hydrogens (tertiary/aromatic N) is 1. The zero-order valence-corrected chi connectivity index (χ0v) is 14.8. The Kier molecular flexibility index (Phi) is 5.85. The van der Waals surface area contributed by atoms with Gasteiger partial charge in [-0.3, -0.25) is 4.79 Å². The lowest BCUT2D eigenvalue weighted by Gasteiger charge is -2.12. The lowest BCUT2D eigenvalue weighted by molar-refractivity contribution is -0.138. The lowest BCUT2D eigenvalue weighted by Crippen LogP contribution is -2.24. The van der Waals surface area contributed by atoms with Crippen molar-refractivity contribution in [3.05, 3.63) is 83.4 Å². The van der Waals surface area contributed by atoms with E-state index in [1.54, 1.807) is 12.3 Å². The molecule has 0 unspecified atom stereocenters. The molecular weight excluding hydrogens is 377 g/mol. The third-order valence-electron chi connectivity index (χ3n) is 3.65. The molecule has 0 bridgehead atoms. The number of carbonyl (C=O) groups excluding carboxylic acids is 1. The molecule has 0 saturated heterocycles. The lowest BCUT2D eigenvalue weighted by atomic mass is 10.1. The number of halogens is 3. The molecule has 1 amide bonds. The first-order valence-electron chi connectivity index (χ1n) is 7.99. The fourth-order valence-corrected chi connectivity index (χ4v) is 3.12. The van der Waals surface area contributed by atoms with Crippen LogP contribution in [0.4, 0.5) is 13.2 Å². The number of carbonyl (C=O) groups is 1. The number of rotatable bonds is 6. The Labute approximate surface area is 157 Å². The molecule has 1 aromatic carbocycles. The highest BCUT2D eigenvalue weighted by Gasteiger charge is 2.32. The molecule has 140 valence electrons. The van der Waals surface area contributed by atoms with E-state index < -0.39 is 17.6 Å². The Bertz CT molecular complexity index is 911. The van der Waals surface area contributed by atoms with Crippen molar-refractivity contribution in [2.75, 3.05) is 0 Å². The molecule has 3 rings (SSSR count). The molecule has 2 heterocycles. The minimum Gasteiger partial charge on any atom is -0.455 e. The van der Waals surface area contributed by atoms with Crippen molar-refractivity contribution in [3.8, 4) is 0 Å². The SMILES string of the molecule is O=C(NCc1ccccc1C(F)(F)F)c1ccc(CSc2ccccn2)o1. The molecule has 0 aliphatic heterocycles. The summed E-state index contributed by atoms with van der Waals surface area (Å²) in [6, 6.07) is 13.8. The predicted octanol–water partition coefficient (Wildman–Crippen LogP) is 4.92. The van der Waals surface area contributed by atoms with Crippen LogP contribution in [0.15, 0.2) is 70.2 Å². The van der Waals surface area contributed by atoms with Crippen molar-refractivity contribution in [1.29, 1.82) is 0 Å². The van der Waals surface area contributed by atoms with Crippen LogP contribution < -0.4 is 5.32 Å². The topological polar surface area (TPSA) is 55.1 Å². The molecule has 2 aromatic heterocycles. The van der Waals surface area contributed by atoms with E-state index in [1.165, 1.54) is 36.0 Å². The molecule has 0 aliphatic carbocycles. The molecule has 8 heteroatoms. The van der Waals surface area contributed by atoms with Gasteiger partial charge in [-0.05, 0) is 35.9 Å². The summed E-state index contributed by atoms with van der Waals surface area (Å²) in [6.45, 7) is -0.243. The van der Waals surface area contributed by atoms with E-state index in [1.807, 2.05) is 18.2 Å². The van der Waals surface area contributed by atoms with Crippen molar-refractivity contribution in [2.24, 2.45) is 0 Å². The van der Waals surface area contributed by atoms with Crippen LogP contribution in [-0.4, -0.2) is 10.9 Å². The Morgan fingerprint density at radius 1 is 1.07 bits per heavy atom. The average molecular weight is 392 g/mol. The van der Waals surface area contributed by atoms with E-state index in [2.05, 4.69) is 10.3 Å². The smallest absolute Gasteiger partial charge is 0.416 e.